The maximum absolute atomic E-state index is 12.0. The van der Waals surface area contributed by atoms with Crippen molar-refractivity contribution in [3.8, 4) is 0 Å². The molecule has 1 fully saturated rings. The second-order valence-electron chi connectivity index (χ2n) is 5.33. The molecular weight excluding hydrogens is 274 g/mol. The van der Waals surface area contributed by atoms with Gasteiger partial charge in [-0.3, -0.25) is 4.79 Å². The van der Waals surface area contributed by atoms with E-state index in [-0.39, 0.29) is 25.2 Å². The van der Waals surface area contributed by atoms with Gasteiger partial charge < -0.3 is 25.0 Å². The molecule has 1 aliphatic heterocycles. The van der Waals surface area contributed by atoms with Crippen LogP contribution in [0.5, 0.6) is 0 Å². The average Bonchev–Trinajstić information content (AvgIpc) is 2.47. The molecule has 21 heavy (non-hydrogen) atoms. The highest BCUT2D eigenvalue weighted by Crippen LogP contribution is 2.13. The summed E-state index contributed by atoms with van der Waals surface area (Å²) in [6, 6.07) is -0.0245. The largest absolute Gasteiger partial charge is 0.481 e. The SMILES string of the molecule is CCN(C)CCNC(=O)N1CCC(OCCC(=O)O)CC1. The van der Waals surface area contributed by atoms with Crippen LogP contribution in [0.4, 0.5) is 4.79 Å². The number of carboxylic acids is 1. The summed E-state index contributed by atoms with van der Waals surface area (Å²) in [5.41, 5.74) is 0. The number of nitrogens with zero attached hydrogens (tertiary/aromatic N) is 2. The maximum Gasteiger partial charge on any atom is 0.317 e. The first-order valence-corrected chi connectivity index (χ1v) is 7.57. The summed E-state index contributed by atoms with van der Waals surface area (Å²) >= 11 is 0. The lowest BCUT2D eigenvalue weighted by molar-refractivity contribution is -0.138. The van der Waals surface area contributed by atoms with E-state index >= 15 is 0 Å². The van der Waals surface area contributed by atoms with E-state index in [0.29, 0.717) is 19.6 Å². The van der Waals surface area contributed by atoms with Gasteiger partial charge in [-0.25, -0.2) is 4.79 Å². The number of urea groups is 1. The molecule has 0 aromatic rings. The zero-order chi connectivity index (χ0) is 15.7. The van der Waals surface area contributed by atoms with Crippen LogP contribution in [0.1, 0.15) is 26.2 Å². The number of piperidine rings is 1. The molecule has 0 aliphatic carbocycles. The fourth-order valence-corrected chi connectivity index (χ4v) is 2.16. The van der Waals surface area contributed by atoms with Crippen LogP contribution in [0.2, 0.25) is 0 Å². The molecule has 0 unspecified atom stereocenters. The Morgan fingerprint density at radius 1 is 1.38 bits per heavy atom. The molecule has 2 N–H and O–H groups in total. The second-order valence-corrected chi connectivity index (χ2v) is 5.33. The molecule has 0 aromatic carbocycles. The summed E-state index contributed by atoms with van der Waals surface area (Å²) in [6.07, 6.45) is 1.63. The number of ether oxygens (including phenoxy) is 1. The Kier molecular flexibility index (Phi) is 8.07. The molecule has 1 rings (SSSR count). The Bertz CT molecular complexity index is 330. The van der Waals surface area contributed by atoms with Gasteiger partial charge in [0.05, 0.1) is 19.1 Å². The number of hydrogen-bond acceptors (Lipinski definition) is 4. The number of carboxylic acid groups (broad SMARTS) is 1. The zero-order valence-electron chi connectivity index (χ0n) is 13.0. The Morgan fingerprint density at radius 3 is 2.62 bits per heavy atom. The van der Waals surface area contributed by atoms with Gasteiger partial charge in [0.2, 0.25) is 0 Å². The molecule has 2 amide bonds. The number of hydrogen-bond donors (Lipinski definition) is 2. The van der Waals surface area contributed by atoms with Gasteiger partial charge in [-0.2, -0.15) is 0 Å². The van der Waals surface area contributed by atoms with Crippen molar-refractivity contribution in [2.24, 2.45) is 0 Å². The van der Waals surface area contributed by atoms with Crippen molar-refractivity contribution in [1.82, 2.24) is 15.1 Å². The van der Waals surface area contributed by atoms with E-state index in [0.717, 1.165) is 25.9 Å². The zero-order valence-corrected chi connectivity index (χ0v) is 13.0. The number of rotatable bonds is 8. The minimum Gasteiger partial charge on any atom is -0.481 e. The van der Waals surface area contributed by atoms with Gasteiger partial charge in [0.25, 0.3) is 0 Å². The molecule has 7 nitrogen and oxygen atoms in total. The summed E-state index contributed by atoms with van der Waals surface area (Å²) in [4.78, 5) is 26.3. The first-order chi connectivity index (χ1) is 10.0. The van der Waals surface area contributed by atoms with Crippen LogP contribution in [0.25, 0.3) is 0 Å². The van der Waals surface area contributed by atoms with Crippen LogP contribution in [-0.2, 0) is 9.53 Å². The van der Waals surface area contributed by atoms with E-state index in [9.17, 15) is 9.59 Å². The fraction of sp³-hybridized carbons (Fsp3) is 0.857. The quantitative estimate of drug-likeness (QED) is 0.686. The monoisotopic (exact) mass is 301 g/mol. The van der Waals surface area contributed by atoms with Gasteiger partial charge >= 0.3 is 12.0 Å². The number of carbonyl (C=O) groups is 2. The van der Waals surface area contributed by atoms with Crippen molar-refractivity contribution >= 4 is 12.0 Å². The summed E-state index contributed by atoms with van der Waals surface area (Å²) in [5, 5.41) is 11.5. The molecular formula is C14H27N3O4. The van der Waals surface area contributed by atoms with Crippen molar-refractivity contribution in [1.29, 1.82) is 0 Å². The minimum atomic E-state index is -0.844. The summed E-state index contributed by atoms with van der Waals surface area (Å²) in [6.45, 7) is 6.11. The first kappa shape index (κ1) is 17.7. The van der Waals surface area contributed by atoms with E-state index in [1.807, 2.05) is 7.05 Å². The van der Waals surface area contributed by atoms with E-state index in [1.54, 1.807) is 4.90 Å². The topological polar surface area (TPSA) is 82.1 Å². The highest BCUT2D eigenvalue weighted by atomic mass is 16.5. The maximum atomic E-state index is 12.0. The molecule has 0 radical (unpaired) electrons. The van der Waals surface area contributed by atoms with Gasteiger partial charge in [-0.05, 0) is 26.4 Å². The third-order valence-electron chi connectivity index (χ3n) is 3.71. The van der Waals surface area contributed by atoms with E-state index in [4.69, 9.17) is 9.84 Å². The lowest BCUT2D eigenvalue weighted by Crippen LogP contribution is -2.47. The van der Waals surface area contributed by atoms with Gasteiger partial charge in [0.15, 0.2) is 0 Å². The van der Waals surface area contributed by atoms with Gasteiger partial charge in [-0.1, -0.05) is 6.92 Å². The smallest absolute Gasteiger partial charge is 0.317 e. The third-order valence-corrected chi connectivity index (χ3v) is 3.71. The van der Waals surface area contributed by atoms with Crippen LogP contribution in [0.15, 0.2) is 0 Å². The second kappa shape index (κ2) is 9.57. The van der Waals surface area contributed by atoms with Crippen LogP contribution < -0.4 is 5.32 Å². The van der Waals surface area contributed by atoms with Gasteiger partial charge in [-0.15, -0.1) is 0 Å². The normalized spacial score (nSPS) is 16.2. The molecule has 1 aliphatic rings. The molecule has 122 valence electrons. The number of amides is 2. The number of carbonyl (C=O) groups excluding carboxylic acids is 1. The summed E-state index contributed by atoms with van der Waals surface area (Å²) < 4.78 is 5.50. The summed E-state index contributed by atoms with van der Waals surface area (Å²) in [5.74, 6) is -0.844. The van der Waals surface area contributed by atoms with Crippen LogP contribution >= 0.6 is 0 Å². The molecule has 1 heterocycles. The van der Waals surface area contributed by atoms with Gasteiger partial charge in [0, 0.05) is 26.2 Å². The predicted molar refractivity (Wildman–Crippen MR) is 79.4 cm³/mol. The van der Waals surface area contributed by atoms with Gasteiger partial charge in [0.1, 0.15) is 0 Å². The van der Waals surface area contributed by atoms with Crippen molar-refractivity contribution < 1.29 is 19.4 Å². The van der Waals surface area contributed by atoms with Crippen LogP contribution in [0.3, 0.4) is 0 Å². The van der Waals surface area contributed by atoms with Crippen molar-refractivity contribution in [2.45, 2.75) is 32.3 Å². The minimum absolute atomic E-state index is 0.0245. The molecule has 0 atom stereocenters. The Labute approximate surface area is 126 Å². The molecule has 0 saturated carbocycles. The number of likely N-dealkylation sites (tertiary alicyclic amines) is 1. The van der Waals surface area contributed by atoms with E-state index < -0.39 is 5.97 Å². The van der Waals surface area contributed by atoms with E-state index in [2.05, 4.69) is 17.1 Å². The Balaban J connectivity index is 2.14. The lowest BCUT2D eigenvalue weighted by atomic mass is 10.1. The number of nitrogens with one attached hydrogen (secondary N) is 1. The fourth-order valence-electron chi connectivity index (χ4n) is 2.16. The van der Waals surface area contributed by atoms with Crippen molar-refractivity contribution in [3.63, 3.8) is 0 Å². The Hall–Kier alpha value is -1.34. The Morgan fingerprint density at radius 2 is 2.05 bits per heavy atom. The van der Waals surface area contributed by atoms with Crippen LogP contribution in [0, 0.1) is 0 Å². The first-order valence-electron chi connectivity index (χ1n) is 7.57. The molecule has 0 aromatic heterocycles. The highest BCUT2D eigenvalue weighted by Gasteiger charge is 2.23. The van der Waals surface area contributed by atoms with E-state index in [1.165, 1.54) is 0 Å². The number of aliphatic carboxylic acids is 1. The summed E-state index contributed by atoms with van der Waals surface area (Å²) in [7, 11) is 2.02. The highest BCUT2D eigenvalue weighted by molar-refractivity contribution is 5.74. The molecule has 0 bridgehead atoms. The van der Waals surface area contributed by atoms with Crippen LogP contribution in [-0.4, -0.2) is 79.4 Å². The number of likely N-dealkylation sites (N-methyl/N-ethyl adjacent to an activating group) is 1. The molecule has 7 heteroatoms. The third kappa shape index (κ3) is 7.29. The predicted octanol–water partition coefficient (Wildman–Crippen LogP) is 0.603. The standard InChI is InChI=1S/C14H27N3O4/c1-3-16(2)10-7-15-14(20)17-8-4-12(5-9-17)21-11-6-13(18)19/h12H,3-11H2,1-2H3,(H,15,20)(H,18,19). The lowest BCUT2D eigenvalue weighted by Gasteiger charge is -2.32. The average molecular weight is 301 g/mol. The molecule has 1 saturated heterocycles. The molecule has 0 spiro atoms. The van der Waals surface area contributed by atoms with Crippen molar-refractivity contribution in [3.05, 3.63) is 0 Å². The van der Waals surface area contributed by atoms with Crippen molar-refractivity contribution in [2.75, 3.05) is 46.4 Å².